The van der Waals surface area contributed by atoms with Gasteiger partial charge in [-0.05, 0) is 12.5 Å². The molecule has 4 nitrogen and oxygen atoms in total. The van der Waals surface area contributed by atoms with E-state index in [1.165, 1.54) is 6.92 Å². The van der Waals surface area contributed by atoms with Gasteiger partial charge >= 0.3 is 5.97 Å². The summed E-state index contributed by atoms with van der Waals surface area (Å²) in [5, 5.41) is 18.3. The second-order valence-electron chi connectivity index (χ2n) is 4.14. The summed E-state index contributed by atoms with van der Waals surface area (Å²) in [4.78, 5) is 10.7. The largest absolute Gasteiger partial charge is 0.481 e. The lowest BCUT2D eigenvalue weighted by Crippen LogP contribution is -2.28. The van der Waals surface area contributed by atoms with E-state index in [0.29, 0.717) is 6.61 Å². The molecule has 0 spiro atoms. The summed E-state index contributed by atoms with van der Waals surface area (Å²) in [5.74, 6) is -1.90. The zero-order chi connectivity index (χ0) is 13.5. The van der Waals surface area contributed by atoms with Crippen molar-refractivity contribution in [1.82, 2.24) is 0 Å². The number of aliphatic hydroxyl groups excluding tert-OH is 1. The van der Waals surface area contributed by atoms with Gasteiger partial charge in [-0.2, -0.15) is 0 Å². The third-order valence-corrected chi connectivity index (χ3v) is 2.97. The SMILES string of the molecule is C[C@H](C(=O)O)[C@@H](O)C[C@@H](Cl)OCc1ccccc1. The van der Waals surface area contributed by atoms with Gasteiger partial charge in [0.05, 0.1) is 18.6 Å². The molecule has 1 rings (SSSR count). The minimum Gasteiger partial charge on any atom is -0.481 e. The number of hydrogen-bond acceptors (Lipinski definition) is 3. The second kappa shape index (κ2) is 7.36. The number of alkyl halides is 1. The fourth-order valence-corrected chi connectivity index (χ4v) is 1.63. The minimum atomic E-state index is -1.05. The van der Waals surface area contributed by atoms with E-state index >= 15 is 0 Å². The number of aliphatic carboxylic acids is 1. The first-order chi connectivity index (χ1) is 8.50. The molecule has 0 saturated carbocycles. The number of rotatable bonds is 7. The van der Waals surface area contributed by atoms with Crippen molar-refractivity contribution in [3.8, 4) is 0 Å². The van der Waals surface area contributed by atoms with Crippen molar-refractivity contribution >= 4 is 17.6 Å². The lowest BCUT2D eigenvalue weighted by molar-refractivity contribution is -0.145. The van der Waals surface area contributed by atoms with Crippen LogP contribution >= 0.6 is 11.6 Å². The van der Waals surface area contributed by atoms with Gasteiger partial charge in [0.15, 0.2) is 0 Å². The van der Waals surface area contributed by atoms with Crippen molar-refractivity contribution < 1.29 is 19.7 Å². The van der Waals surface area contributed by atoms with Crippen molar-refractivity contribution in [2.75, 3.05) is 0 Å². The summed E-state index contributed by atoms with van der Waals surface area (Å²) >= 11 is 5.90. The van der Waals surface area contributed by atoms with E-state index in [-0.39, 0.29) is 6.42 Å². The van der Waals surface area contributed by atoms with Crippen LogP contribution in [0.3, 0.4) is 0 Å². The Bertz CT molecular complexity index is 369. The molecule has 0 amide bonds. The molecule has 0 aliphatic rings. The van der Waals surface area contributed by atoms with Crippen LogP contribution < -0.4 is 0 Å². The maximum atomic E-state index is 10.7. The van der Waals surface area contributed by atoms with Crippen LogP contribution in [-0.2, 0) is 16.1 Å². The molecule has 2 N–H and O–H groups in total. The number of carboxylic acids is 1. The van der Waals surface area contributed by atoms with Crippen LogP contribution in [0.5, 0.6) is 0 Å². The monoisotopic (exact) mass is 272 g/mol. The summed E-state index contributed by atoms with van der Waals surface area (Å²) in [5.41, 5.74) is 0.269. The maximum Gasteiger partial charge on any atom is 0.308 e. The molecule has 0 fully saturated rings. The average Bonchev–Trinajstić information content (AvgIpc) is 2.36. The number of hydrogen-bond donors (Lipinski definition) is 2. The molecule has 0 aliphatic heterocycles. The fraction of sp³-hybridized carbons (Fsp3) is 0.462. The highest BCUT2D eigenvalue weighted by molar-refractivity contribution is 6.19. The van der Waals surface area contributed by atoms with Crippen molar-refractivity contribution in [3.63, 3.8) is 0 Å². The molecule has 0 aromatic heterocycles. The number of carboxylic acid groups (broad SMARTS) is 1. The molecule has 1 aromatic rings. The Morgan fingerprint density at radius 1 is 1.39 bits per heavy atom. The molecule has 1 aromatic carbocycles. The Balaban J connectivity index is 2.33. The first kappa shape index (κ1) is 15.0. The average molecular weight is 273 g/mol. The van der Waals surface area contributed by atoms with E-state index in [9.17, 15) is 9.90 Å². The maximum absolute atomic E-state index is 10.7. The molecule has 18 heavy (non-hydrogen) atoms. The van der Waals surface area contributed by atoms with Crippen LogP contribution in [0, 0.1) is 5.92 Å². The van der Waals surface area contributed by atoms with Gasteiger partial charge in [0.25, 0.3) is 0 Å². The van der Waals surface area contributed by atoms with Crippen LogP contribution in [0.25, 0.3) is 0 Å². The lowest BCUT2D eigenvalue weighted by atomic mass is 10.0. The highest BCUT2D eigenvalue weighted by atomic mass is 35.5. The van der Waals surface area contributed by atoms with E-state index in [0.717, 1.165) is 5.56 Å². The van der Waals surface area contributed by atoms with Crippen molar-refractivity contribution in [1.29, 1.82) is 0 Å². The first-order valence-corrected chi connectivity index (χ1v) is 6.15. The zero-order valence-electron chi connectivity index (χ0n) is 10.1. The summed E-state index contributed by atoms with van der Waals surface area (Å²) in [7, 11) is 0. The second-order valence-corrected chi connectivity index (χ2v) is 4.62. The highest BCUT2D eigenvalue weighted by Gasteiger charge is 2.24. The molecule has 0 aliphatic carbocycles. The summed E-state index contributed by atoms with van der Waals surface area (Å²) in [6.45, 7) is 1.77. The molecule has 0 unspecified atom stereocenters. The van der Waals surface area contributed by atoms with Gasteiger partial charge in [0.1, 0.15) is 5.56 Å². The quantitative estimate of drug-likeness (QED) is 0.747. The molecule has 0 saturated heterocycles. The van der Waals surface area contributed by atoms with Crippen LogP contribution in [-0.4, -0.2) is 27.8 Å². The van der Waals surface area contributed by atoms with Crippen LogP contribution in [0.2, 0.25) is 0 Å². The summed E-state index contributed by atoms with van der Waals surface area (Å²) in [6.07, 6.45) is -0.928. The Morgan fingerprint density at radius 2 is 2.00 bits per heavy atom. The van der Waals surface area contributed by atoms with E-state index in [1.807, 2.05) is 30.3 Å². The van der Waals surface area contributed by atoms with Gasteiger partial charge in [-0.1, -0.05) is 41.9 Å². The predicted molar refractivity (Wildman–Crippen MR) is 68.3 cm³/mol. The van der Waals surface area contributed by atoms with Crippen LogP contribution in [0.4, 0.5) is 0 Å². The van der Waals surface area contributed by atoms with E-state index < -0.39 is 23.6 Å². The zero-order valence-corrected chi connectivity index (χ0v) is 10.9. The summed E-state index contributed by atoms with van der Waals surface area (Å²) in [6, 6.07) is 9.49. The number of carbonyl (C=O) groups is 1. The molecule has 3 atom stereocenters. The number of halogens is 1. The van der Waals surface area contributed by atoms with Crippen molar-refractivity contribution in [2.45, 2.75) is 31.6 Å². The number of aliphatic hydroxyl groups is 1. The lowest BCUT2D eigenvalue weighted by Gasteiger charge is -2.18. The fourth-order valence-electron chi connectivity index (χ4n) is 1.39. The topological polar surface area (TPSA) is 66.8 Å². The third kappa shape index (κ3) is 5.04. The van der Waals surface area contributed by atoms with Gasteiger partial charge in [0, 0.05) is 6.42 Å². The molecule has 0 bridgehead atoms. The van der Waals surface area contributed by atoms with Crippen LogP contribution in [0.15, 0.2) is 30.3 Å². The van der Waals surface area contributed by atoms with Gasteiger partial charge in [-0.15, -0.1) is 0 Å². The number of ether oxygens (including phenoxy) is 1. The van der Waals surface area contributed by atoms with Gasteiger partial charge < -0.3 is 14.9 Å². The Kier molecular flexibility index (Phi) is 6.12. The molecule has 100 valence electrons. The molecular weight excluding hydrogens is 256 g/mol. The Morgan fingerprint density at radius 3 is 2.56 bits per heavy atom. The molecule has 0 radical (unpaired) electrons. The van der Waals surface area contributed by atoms with E-state index in [4.69, 9.17) is 21.4 Å². The highest BCUT2D eigenvalue weighted by Crippen LogP contribution is 2.16. The van der Waals surface area contributed by atoms with Gasteiger partial charge in [0.2, 0.25) is 0 Å². The predicted octanol–water partition coefficient (Wildman–Crippen LogP) is 2.24. The van der Waals surface area contributed by atoms with E-state index in [2.05, 4.69) is 0 Å². The Labute approximate surface area is 111 Å². The van der Waals surface area contributed by atoms with Gasteiger partial charge in [-0.25, -0.2) is 0 Å². The normalized spacial score (nSPS) is 15.9. The van der Waals surface area contributed by atoms with Gasteiger partial charge in [-0.3, -0.25) is 4.79 Å². The summed E-state index contributed by atoms with van der Waals surface area (Å²) < 4.78 is 5.34. The minimum absolute atomic E-state index is 0.0852. The first-order valence-electron chi connectivity index (χ1n) is 5.71. The van der Waals surface area contributed by atoms with Crippen LogP contribution in [0.1, 0.15) is 18.9 Å². The molecule has 5 heteroatoms. The standard InChI is InChI=1S/C13H17ClO4/c1-9(13(16)17)11(15)7-12(14)18-8-10-5-3-2-4-6-10/h2-6,9,11-12,15H,7-8H2,1H3,(H,16,17)/t9-,11-,12-/m0/s1. The third-order valence-electron chi connectivity index (χ3n) is 2.67. The van der Waals surface area contributed by atoms with Crippen molar-refractivity contribution in [3.05, 3.63) is 35.9 Å². The van der Waals surface area contributed by atoms with Crippen molar-refractivity contribution in [2.24, 2.45) is 5.92 Å². The Hall–Kier alpha value is -1.10. The smallest absolute Gasteiger partial charge is 0.308 e. The van der Waals surface area contributed by atoms with E-state index in [1.54, 1.807) is 0 Å². The number of benzene rings is 1. The molecular formula is C13H17ClO4. The molecule has 0 heterocycles.